The normalized spacial score (nSPS) is 18.6. The molecule has 13 aromatic rings. The van der Waals surface area contributed by atoms with Crippen LogP contribution in [-0.4, -0.2) is 6.36 Å². The van der Waals surface area contributed by atoms with Crippen LogP contribution < -0.4 is 4.74 Å². The first-order valence-corrected chi connectivity index (χ1v) is 52.4. The van der Waals surface area contributed by atoms with Crippen LogP contribution >= 0.6 is 0 Å². The fourth-order valence-electron chi connectivity index (χ4n) is 23.0. The summed E-state index contributed by atoms with van der Waals surface area (Å²) in [5.74, 6) is -9.43. The van der Waals surface area contributed by atoms with E-state index in [0.29, 0.717) is 29.2 Å². The molecule has 6 unspecified atom stereocenters. The van der Waals surface area contributed by atoms with Gasteiger partial charge in [0, 0.05) is 5.56 Å². The quantitative estimate of drug-likeness (QED) is 0.0515. The molecule has 1 saturated carbocycles. The van der Waals surface area contributed by atoms with E-state index in [9.17, 15) is 70.2 Å². The van der Waals surface area contributed by atoms with Crippen LogP contribution in [0.4, 0.5) is 70.2 Å². The number of halogens is 16. The zero-order valence-electron chi connectivity index (χ0n) is 83.6. The molecule has 144 heavy (non-hydrogen) atoms. The Hall–Kier alpha value is -11.5. The van der Waals surface area contributed by atoms with Gasteiger partial charge in [-0.25, -0.2) is 57.1 Å². The van der Waals surface area contributed by atoms with Gasteiger partial charge in [0.1, 0.15) is 11.6 Å². The van der Waals surface area contributed by atoms with Crippen LogP contribution in [0.2, 0.25) is 0 Å². The summed E-state index contributed by atoms with van der Waals surface area (Å²) in [6.07, 6.45) is 31.7. The standard InChI is InChI=1S/C25H30F2.C25H24F2.C20H21F3O.C19H18F4.C19H19F3.C19H20F2/c2*1-2-3-17-4-6-18(7-5-17)19-8-9-21-15-22(11-10-20(21)14-19)23-12-13-24(26)25(27)16-23;1-2-3-14-4-5-18-13-17(7-6-16(18)12-14)15-8-10-19(11-9-15)24-20(21,22)23;1-2-3-11-4-5-12-7-15(16(20)8-13(12)6-11)14-9-17(21)19(23)18(22)10-14;1-2-3-12-4-5-14-9-15(7-6-13(14)8-12)16-10-17(20)19(22)18(21)11-16;1-2-3-13-4-5-15-11-16(7-6-14(15)10-13)17-8-9-18(20)19(21)12-17/h8-9,12-14,16-18,22H,2-7,10-11,15H2,1H3;4-9,12-14,16,22H,2-3,10-11,15H2,1H3;4-5,8-12,17H,2-3,6-7,13H2,1H3;7-11H,2-6H2,1H3;4-5,8,10-11,15H,2-3,6-7,9H2,1H3;4-5,8-10,12,16H,2-3,6-7,11H2,1H3. The van der Waals surface area contributed by atoms with Crippen LogP contribution in [0.25, 0.3) is 22.3 Å². The maximum absolute atomic E-state index is 14.4. The number of hydrogen-bond acceptors (Lipinski definition) is 1. The molecule has 1 nitrogen and oxygen atoms in total. The van der Waals surface area contributed by atoms with Crippen LogP contribution in [0, 0.1) is 87.5 Å². The van der Waals surface area contributed by atoms with Gasteiger partial charge in [-0.1, -0.05) is 239 Å². The summed E-state index contributed by atoms with van der Waals surface area (Å²) in [7, 11) is 0. The average Bonchev–Trinajstić information content (AvgIpc) is 0.775. The first-order chi connectivity index (χ1) is 69.5. The third-order valence-corrected chi connectivity index (χ3v) is 30.8. The number of alkyl halides is 3. The Morgan fingerprint density at radius 3 is 0.979 bits per heavy atom. The minimum Gasteiger partial charge on any atom is -0.406 e. The molecule has 0 spiro atoms. The Morgan fingerprint density at radius 2 is 0.556 bits per heavy atom. The van der Waals surface area contributed by atoms with Gasteiger partial charge < -0.3 is 4.74 Å². The van der Waals surface area contributed by atoms with Crippen molar-refractivity contribution in [2.45, 2.75) is 302 Å². The van der Waals surface area contributed by atoms with Gasteiger partial charge in [-0.05, 0) is 438 Å². The zero-order chi connectivity index (χ0) is 102. The highest BCUT2D eigenvalue weighted by molar-refractivity contribution is 5.67. The highest BCUT2D eigenvalue weighted by Gasteiger charge is 2.34. The van der Waals surface area contributed by atoms with Gasteiger partial charge >= 0.3 is 6.36 Å². The second-order valence-corrected chi connectivity index (χ2v) is 40.9. The van der Waals surface area contributed by atoms with E-state index in [1.165, 1.54) is 188 Å². The number of fused-ring (bicyclic) bond motifs is 6. The molecule has 0 aromatic heterocycles. The zero-order valence-corrected chi connectivity index (χ0v) is 83.6. The molecule has 0 heterocycles. The second kappa shape index (κ2) is 50.1. The molecule has 758 valence electrons. The molecular formula is C127H132F16O. The lowest BCUT2D eigenvalue weighted by atomic mass is 9.75. The number of benzene rings is 13. The number of ether oxygens (including phenoxy) is 1. The smallest absolute Gasteiger partial charge is 0.406 e. The molecule has 0 radical (unpaired) electrons. The van der Waals surface area contributed by atoms with Gasteiger partial charge in [-0.2, -0.15) is 0 Å². The molecule has 0 aliphatic heterocycles. The Bertz CT molecular complexity index is 6460. The van der Waals surface area contributed by atoms with Crippen molar-refractivity contribution in [1.82, 2.24) is 0 Å². The number of rotatable bonds is 21. The second-order valence-electron chi connectivity index (χ2n) is 40.9. The summed E-state index contributed by atoms with van der Waals surface area (Å²) >= 11 is 0. The van der Waals surface area contributed by atoms with E-state index < -0.39 is 82.0 Å². The summed E-state index contributed by atoms with van der Waals surface area (Å²) in [4.78, 5) is 0. The monoisotopic (exact) mass is 1980 g/mol. The van der Waals surface area contributed by atoms with Crippen molar-refractivity contribution >= 4 is 0 Å². The van der Waals surface area contributed by atoms with E-state index >= 15 is 0 Å². The molecule has 20 rings (SSSR count). The summed E-state index contributed by atoms with van der Waals surface area (Å²) in [5.41, 5.74) is 29.8. The van der Waals surface area contributed by atoms with Gasteiger partial charge in [0.05, 0.1) is 0 Å². The largest absolute Gasteiger partial charge is 0.573 e. The number of aryl methyl sites for hydroxylation is 10. The first-order valence-electron chi connectivity index (χ1n) is 52.4. The SMILES string of the molecule is CCCC1CCC(c2ccc3c(c2)CCC(c2ccc(F)c(F)c2)C3)CC1.CCCC1CCc2cc(-c3cc(F)c(F)c(F)c3)c(F)cc2C1.CCCc1ccc(-c2ccc3c(c2)CCC(c2ccc(F)c(F)c2)C3)cc1.CCCc1ccc2c(c1)CCC(c1cc(F)c(F)c(F)c1)C2.CCCc1ccc2c(c1)CCC(c1ccc(F)c(F)c1)C2.CCCc1ccc2c(c1)CCC(c1ccc(OC(F)(F)F)cc1)C2. The Balaban J connectivity index is 0.000000130. The summed E-state index contributed by atoms with van der Waals surface area (Å²) < 4.78 is 215. The molecule has 17 heteroatoms. The molecular weight excluding hydrogens is 1850 g/mol. The van der Waals surface area contributed by atoms with Gasteiger partial charge in [-0.3, -0.25) is 0 Å². The third-order valence-electron chi connectivity index (χ3n) is 30.8. The lowest BCUT2D eigenvalue weighted by Gasteiger charge is -2.30. The minimum absolute atomic E-state index is 0.0254. The van der Waals surface area contributed by atoms with Crippen LogP contribution in [0.3, 0.4) is 0 Å². The summed E-state index contributed by atoms with van der Waals surface area (Å²) in [5, 5.41) is 0. The van der Waals surface area contributed by atoms with E-state index in [1.807, 2.05) is 0 Å². The summed E-state index contributed by atoms with van der Waals surface area (Å²) in [6.45, 7) is 13.2. The number of hydrogen-bond donors (Lipinski definition) is 0. The lowest BCUT2D eigenvalue weighted by Crippen LogP contribution is -2.17. The molecule has 13 aromatic carbocycles. The van der Waals surface area contributed by atoms with Crippen molar-refractivity contribution in [3.05, 3.63) is 429 Å². The van der Waals surface area contributed by atoms with Crippen LogP contribution in [0.15, 0.2) is 231 Å². The molecule has 0 N–H and O–H groups in total. The van der Waals surface area contributed by atoms with E-state index in [2.05, 4.69) is 162 Å². The van der Waals surface area contributed by atoms with Crippen molar-refractivity contribution in [2.75, 3.05) is 0 Å². The molecule has 0 bridgehead atoms. The molecule has 0 saturated heterocycles. The van der Waals surface area contributed by atoms with E-state index in [1.54, 1.807) is 36.4 Å². The highest BCUT2D eigenvalue weighted by Crippen LogP contribution is 2.45. The maximum Gasteiger partial charge on any atom is 0.573 e. The van der Waals surface area contributed by atoms with Crippen molar-refractivity contribution in [3.8, 4) is 28.0 Å². The van der Waals surface area contributed by atoms with Crippen molar-refractivity contribution in [3.63, 3.8) is 0 Å². The average molecular weight is 1980 g/mol. The molecule has 0 amide bonds. The Kier molecular flexibility index (Phi) is 37.1. The van der Waals surface area contributed by atoms with E-state index in [0.717, 1.165) is 249 Å². The van der Waals surface area contributed by atoms with Crippen LogP contribution in [-0.2, 0) is 103 Å². The predicted molar refractivity (Wildman–Crippen MR) is 548 cm³/mol. The third kappa shape index (κ3) is 28.0. The minimum atomic E-state index is -4.64. The molecule has 6 atom stereocenters. The van der Waals surface area contributed by atoms with Gasteiger partial charge in [0.2, 0.25) is 0 Å². The highest BCUT2D eigenvalue weighted by atomic mass is 19.4. The Labute approximate surface area is 840 Å². The van der Waals surface area contributed by atoms with Crippen LogP contribution in [0.1, 0.15) is 315 Å². The van der Waals surface area contributed by atoms with Gasteiger partial charge in [0.15, 0.2) is 69.8 Å². The van der Waals surface area contributed by atoms with Gasteiger partial charge in [-0.15, -0.1) is 13.2 Å². The van der Waals surface area contributed by atoms with Crippen molar-refractivity contribution in [2.24, 2.45) is 11.8 Å². The molecule has 7 aliphatic carbocycles. The topological polar surface area (TPSA) is 9.23 Å². The molecule has 7 aliphatic rings. The van der Waals surface area contributed by atoms with E-state index in [4.69, 9.17) is 0 Å². The predicted octanol–water partition coefficient (Wildman–Crippen LogP) is 36.3. The summed E-state index contributed by atoms with van der Waals surface area (Å²) in [6, 6.07) is 69.0. The fourth-order valence-corrected chi connectivity index (χ4v) is 23.0. The van der Waals surface area contributed by atoms with Crippen molar-refractivity contribution < 1.29 is 75.0 Å². The first kappa shape index (κ1) is 107. The lowest BCUT2D eigenvalue weighted by molar-refractivity contribution is -0.274. The maximum atomic E-state index is 14.4. The Morgan fingerprint density at radius 1 is 0.222 bits per heavy atom. The van der Waals surface area contributed by atoms with Crippen molar-refractivity contribution in [1.29, 1.82) is 0 Å². The van der Waals surface area contributed by atoms with Gasteiger partial charge in [0.25, 0.3) is 0 Å². The van der Waals surface area contributed by atoms with Crippen LogP contribution in [0.5, 0.6) is 5.75 Å². The fraction of sp³-hybridized carbons (Fsp3) is 0.386. The molecule has 1 fully saturated rings. The van der Waals surface area contributed by atoms with E-state index in [-0.39, 0.29) is 28.7 Å².